The molecule has 4 rings (SSSR count). The van der Waals surface area contributed by atoms with Crippen LogP contribution in [0.1, 0.15) is 18.4 Å². The summed E-state index contributed by atoms with van der Waals surface area (Å²) in [4.78, 5) is 29.5. The molecule has 1 atom stereocenters. The van der Waals surface area contributed by atoms with Crippen LogP contribution in [0.25, 0.3) is 0 Å². The number of rotatable bonds is 4. The van der Waals surface area contributed by atoms with E-state index in [-0.39, 0.29) is 22.0 Å². The summed E-state index contributed by atoms with van der Waals surface area (Å²) in [6, 6.07) is 10.6. The van der Waals surface area contributed by atoms with Crippen LogP contribution < -0.4 is 9.64 Å². The predicted octanol–water partition coefficient (Wildman–Crippen LogP) is 5.31. The van der Waals surface area contributed by atoms with E-state index in [1.165, 1.54) is 24.1 Å². The van der Waals surface area contributed by atoms with Crippen LogP contribution in [0.15, 0.2) is 40.9 Å². The van der Waals surface area contributed by atoms with Gasteiger partial charge in [0.25, 0.3) is 5.91 Å². The number of urea groups is 1. The number of amides is 3. The molecule has 2 aromatic rings. The predicted molar refractivity (Wildman–Crippen MR) is 112 cm³/mol. The Morgan fingerprint density at radius 2 is 1.79 bits per heavy atom. The summed E-state index contributed by atoms with van der Waals surface area (Å²) in [6.45, 7) is 0.551. The number of hydrogen-bond donors (Lipinski definition) is 0. The van der Waals surface area contributed by atoms with E-state index in [2.05, 4.69) is 15.9 Å². The van der Waals surface area contributed by atoms with Crippen molar-refractivity contribution < 1.29 is 14.3 Å². The van der Waals surface area contributed by atoms with Gasteiger partial charge in [0.2, 0.25) is 0 Å². The minimum atomic E-state index is -0.871. The Labute approximate surface area is 181 Å². The Kier molecular flexibility index (Phi) is 5.06. The van der Waals surface area contributed by atoms with E-state index in [1.54, 1.807) is 4.90 Å². The van der Waals surface area contributed by atoms with E-state index in [1.807, 2.05) is 24.3 Å². The second-order valence-electron chi connectivity index (χ2n) is 6.96. The molecule has 3 amide bonds. The van der Waals surface area contributed by atoms with Crippen molar-refractivity contribution in [1.82, 2.24) is 4.90 Å². The molecule has 0 bridgehead atoms. The van der Waals surface area contributed by atoms with Gasteiger partial charge < -0.3 is 9.64 Å². The molecule has 28 heavy (non-hydrogen) atoms. The van der Waals surface area contributed by atoms with Gasteiger partial charge in [-0.25, -0.2) is 9.69 Å². The highest BCUT2D eigenvalue weighted by Gasteiger charge is 2.59. The fourth-order valence-electron chi connectivity index (χ4n) is 4.09. The van der Waals surface area contributed by atoms with Crippen molar-refractivity contribution in [3.05, 3.63) is 56.5 Å². The van der Waals surface area contributed by atoms with Crippen LogP contribution in [0.2, 0.25) is 10.0 Å². The Bertz CT molecular complexity index is 943. The van der Waals surface area contributed by atoms with Crippen molar-refractivity contribution >= 4 is 56.8 Å². The van der Waals surface area contributed by atoms with Crippen LogP contribution >= 0.6 is 39.1 Å². The molecule has 0 spiro atoms. The van der Waals surface area contributed by atoms with Gasteiger partial charge in [-0.1, -0.05) is 51.3 Å². The number of imide groups is 1. The first-order valence-corrected chi connectivity index (χ1v) is 10.4. The number of ether oxygens (including phenoxy) is 1. The van der Waals surface area contributed by atoms with Crippen molar-refractivity contribution in [3.63, 3.8) is 0 Å². The Morgan fingerprint density at radius 1 is 1.14 bits per heavy atom. The average Bonchev–Trinajstić information content (AvgIpc) is 3.15. The molecule has 2 aliphatic heterocycles. The number of benzene rings is 2. The van der Waals surface area contributed by atoms with Crippen LogP contribution in [-0.2, 0) is 11.2 Å². The molecule has 0 aromatic heterocycles. The van der Waals surface area contributed by atoms with Crippen molar-refractivity contribution in [3.8, 4) is 5.75 Å². The second-order valence-corrected chi connectivity index (χ2v) is 8.69. The van der Waals surface area contributed by atoms with E-state index in [0.717, 1.165) is 16.5 Å². The third-order valence-electron chi connectivity index (χ3n) is 5.37. The topological polar surface area (TPSA) is 49.9 Å². The van der Waals surface area contributed by atoms with Crippen molar-refractivity contribution in [2.75, 3.05) is 18.6 Å². The first kappa shape index (κ1) is 19.6. The fourth-order valence-corrected chi connectivity index (χ4v) is 4.99. The molecule has 0 aliphatic carbocycles. The number of anilines is 1. The van der Waals surface area contributed by atoms with Gasteiger partial charge in [-0.2, -0.15) is 0 Å². The lowest BCUT2D eigenvalue weighted by Crippen LogP contribution is -2.47. The molecule has 2 heterocycles. The normalized spacial score (nSPS) is 21.4. The van der Waals surface area contributed by atoms with Gasteiger partial charge in [0.15, 0.2) is 5.75 Å². The van der Waals surface area contributed by atoms with Crippen LogP contribution in [0, 0.1) is 0 Å². The zero-order chi connectivity index (χ0) is 20.1. The van der Waals surface area contributed by atoms with Crippen molar-refractivity contribution in [2.45, 2.75) is 24.8 Å². The zero-order valence-corrected chi connectivity index (χ0v) is 18.1. The maximum atomic E-state index is 13.5. The molecule has 2 saturated heterocycles. The van der Waals surface area contributed by atoms with Crippen LogP contribution in [0.3, 0.4) is 0 Å². The Morgan fingerprint density at radius 3 is 2.39 bits per heavy atom. The van der Waals surface area contributed by atoms with E-state index in [9.17, 15) is 9.59 Å². The maximum Gasteiger partial charge on any atom is 0.332 e. The second kappa shape index (κ2) is 7.25. The molecule has 1 unspecified atom stereocenters. The lowest BCUT2D eigenvalue weighted by molar-refractivity contribution is -0.123. The molecular weight excluding hydrogens is 467 g/mol. The van der Waals surface area contributed by atoms with Gasteiger partial charge in [0.05, 0.1) is 22.8 Å². The highest BCUT2D eigenvalue weighted by atomic mass is 79.9. The average molecular weight is 484 g/mol. The molecule has 146 valence electrons. The monoisotopic (exact) mass is 482 g/mol. The number of hydrogen-bond acceptors (Lipinski definition) is 3. The minimum absolute atomic E-state index is 0.241. The summed E-state index contributed by atoms with van der Waals surface area (Å²) < 4.78 is 6.13. The maximum absolute atomic E-state index is 13.5. The summed E-state index contributed by atoms with van der Waals surface area (Å²) in [7, 11) is 1.46. The summed E-state index contributed by atoms with van der Waals surface area (Å²) in [6.07, 6.45) is 1.90. The van der Waals surface area contributed by atoms with Crippen molar-refractivity contribution in [2.24, 2.45) is 0 Å². The van der Waals surface area contributed by atoms with Crippen molar-refractivity contribution in [1.29, 1.82) is 0 Å². The van der Waals surface area contributed by atoms with E-state index in [0.29, 0.717) is 30.8 Å². The van der Waals surface area contributed by atoms with Gasteiger partial charge in [-0.15, -0.1) is 0 Å². The zero-order valence-electron chi connectivity index (χ0n) is 15.0. The number of carbonyl (C=O) groups excluding carboxylic acids is 2. The van der Waals surface area contributed by atoms with Gasteiger partial charge in [0.1, 0.15) is 5.54 Å². The van der Waals surface area contributed by atoms with Gasteiger partial charge in [0, 0.05) is 17.4 Å². The van der Waals surface area contributed by atoms with E-state index >= 15 is 0 Å². The van der Waals surface area contributed by atoms with Crippen LogP contribution in [0.4, 0.5) is 10.5 Å². The molecule has 0 saturated carbocycles. The molecule has 2 aromatic carbocycles. The lowest BCUT2D eigenvalue weighted by Gasteiger charge is -2.28. The fraction of sp³-hybridized carbons (Fsp3) is 0.300. The number of fused-ring (bicyclic) bond motifs is 1. The molecule has 0 N–H and O–H groups in total. The third kappa shape index (κ3) is 2.98. The summed E-state index contributed by atoms with van der Waals surface area (Å²) in [5.74, 6) is 0.0754. The number of nitrogens with zero attached hydrogens (tertiary/aromatic N) is 2. The number of carbonyl (C=O) groups is 2. The van der Waals surface area contributed by atoms with E-state index < -0.39 is 5.54 Å². The largest absolute Gasteiger partial charge is 0.494 e. The SMILES string of the molecule is COc1c(Cl)cc(N2C(=O)N3CCCC3(Cc3ccc(Br)cc3)C2=O)cc1Cl. The Hall–Kier alpha value is -1.76. The molecule has 2 fully saturated rings. The highest BCUT2D eigenvalue weighted by Crippen LogP contribution is 2.44. The number of halogens is 3. The first-order valence-electron chi connectivity index (χ1n) is 8.81. The van der Waals surface area contributed by atoms with E-state index in [4.69, 9.17) is 27.9 Å². The lowest BCUT2D eigenvalue weighted by atomic mass is 9.88. The third-order valence-corrected chi connectivity index (χ3v) is 6.46. The number of methoxy groups -OCH3 is 1. The summed E-state index contributed by atoms with van der Waals surface area (Å²) in [5, 5.41) is 0.499. The van der Waals surface area contributed by atoms with Gasteiger partial charge >= 0.3 is 6.03 Å². The highest BCUT2D eigenvalue weighted by molar-refractivity contribution is 9.10. The molecule has 5 nitrogen and oxygen atoms in total. The molecule has 2 aliphatic rings. The van der Waals surface area contributed by atoms with Gasteiger partial charge in [-0.05, 0) is 42.7 Å². The quantitative estimate of drug-likeness (QED) is 0.554. The van der Waals surface area contributed by atoms with Crippen LogP contribution in [0.5, 0.6) is 5.75 Å². The molecule has 8 heteroatoms. The summed E-state index contributed by atoms with van der Waals surface area (Å²) in [5.41, 5.74) is 0.489. The minimum Gasteiger partial charge on any atom is -0.494 e. The molecular formula is C20H17BrCl2N2O3. The Balaban J connectivity index is 1.73. The van der Waals surface area contributed by atoms with Gasteiger partial charge in [-0.3, -0.25) is 4.79 Å². The first-order chi connectivity index (χ1) is 13.4. The van der Waals surface area contributed by atoms with Crippen LogP contribution in [-0.4, -0.2) is 36.0 Å². The summed E-state index contributed by atoms with van der Waals surface area (Å²) >= 11 is 15.9. The smallest absolute Gasteiger partial charge is 0.332 e. The standard InChI is InChI=1S/C20H17BrCl2N2O3/c1-28-17-15(22)9-14(10-16(17)23)25-18(26)20(7-2-8-24(20)19(25)27)11-12-3-5-13(21)6-4-12/h3-6,9-10H,2,7-8,11H2,1H3. The molecule has 0 radical (unpaired) electrons.